The SMILES string of the molecule is O=C(O)[C@@H]1CC(=O)N(C23CC4CC(CC(C4)C2)C3)C1. The van der Waals surface area contributed by atoms with Gasteiger partial charge in [0.25, 0.3) is 0 Å². The van der Waals surface area contributed by atoms with Crippen LogP contribution in [0.3, 0.4) is 0 Å². The molecule has 4 nitrogen and oxygen atoms in total. The zero-order valence-corrected chi connectivity index (χ0v) is 11.2. The summed E-state index contributed by atoms with van der Waals surface area (Å²) in [7, 11) is 0. The predicted molar refractivity (Wildman–Crippen MR) is 68.4 cm³/mol. The third-order valence-electron chi connectivity index (χ3n) is 6.05. The summed E-state index contributed by atoms with van der Waals surface area (Å²) in [5, 5.41) is 9.15. The number of hydrogen-bond donors (Lipinski definition) is 1. The van der Waals surface area contributed by atoms with E-state index in [2.05, 4.69) is 0 Å². The monoisotopic (exact) mass is 263 g/mol. The lowest BCUT2D eigenvalue weighted by Gasteiger charge is -2.59. The van der Waals surface area contributed by atoms with Gasteiger partial charge in [-0.05, 0) is 56.3 Å². The van der Waals surface area contributed by atoms with Gasteiger partial charge in [-0.25, -0.2) is 0 Å². The van der Waals surface area contributed by atoms with E-state index in [1.807, 2.05) is 4.90 Å². The van der Waals surface area contributed by atoms with E-state index in [1.165, 1.54) is 19.3 Å². The standard InChI is InChI=1S/C15H21NO3/c17-13-4-12(14(18)19)8-16(13)15-5-9-1-10(6-15)3-11(2-9)7-15/h9-12H,1-8H2,(H,18,19)/t9?,10?,11?,12-,15?/m1/s1. The van der Waals surface area contributed by atoms with E-state index in [-0.39, 0.29) is 17.9 Å². The third-order valence-corrected chi connectivity index (χ3v) is 6.05. The highest BCUT2D eigenvalue weighted by Crippen LogP contribution is 2.58. The van der Waals surface area contributed by atoms with Crippen molar-refractivity contribution in [3.63, 3.8) is 0 Å². The van der Waals surface area contributed by atoms with Crippen molar-refractivity contribution in [3.05, 3.63) is 0 Å². The van der Waals surface area contributed by atoms with Crippen molar-refractivity contribution in [3.8, 4) is 0 Å². The van der Waals surface area contributed by atoms with Crippen LogP contribution in [0, 0.1) is 23.7 Å². The Morgan fingerprint density at radius 2 is 1.63 bits per heavy atom. The Hall–Kier alpha value is -1.06. The van der Waals surface area contributed by atoms with Gasteiger partial charge in [0.15, 0.2) is 0 Å². The fraction of sp³-hybridized carbons (Fsp3) is 0.867. The highest BCUT2D eigenvalue weighted by atomic mass is 16.4. The molecule has 4 saturated carbocycles. The minimum absolute atomic E-state index is 0.0377. The molecule has 0 spiro atoms. The molecule has 4 heteroatoms. The van der Waals surface area contributed by atoms with Crippen LogP contribution in [0.5, 0.6) is 0 Å². The first-order valence-corrected chi connectivity index (χ1v) is 7.59. The van der Waals surface area contributed by atoms with E-state index in [0.717, 1.165) is 37.0 Å². The topological polar surface area (TPSA) is 57.6 Å². The highest BCUT2D eigenvalue weighted by Gasteiger charge is 2.56. The molecule has 0 aromatic rings. The molecule has 1 aliphatic heterocycles. The number of carboxylic acid groups (broad SMARTS) is 1. The Balaban J connectivity index is 1.62. The van der Waals surface area contributed by atoms with E-state index >= 15 is 0 Å². The summed E-state index contributed by atoms with van der Waals surface area (Å²) in [6.45, 7) is 0.459. The van der Waals surface area contributed by atoms with Gasteiger partial charge in [0.05, 0.1) is 5.92 Å². The van der Waals surface area contributed by atoms with Crippen LogP contribution in [-0.2, 0) is 9.59 Å². The number of amides is 1. The van der Waals surface area contributed by atoms with Crippen molar-refractivity contribution < 1.29 is 14.7 Å². The first-order valence-electron chi connectivity index (χ1n) is 7.59. The average molecular weight is 263 g/mol. The van der Waals surface area contributed by atoms with Crippen LogP contribution in [-0.4, -0.2) is 34.0 Å². The number of aliphatic carboxylic acids is 1. The fourth-order valence-electron chi connectivity index (χ4n) is 5.73. The molecule has 0 aromatic heterocycles. The summed E-state index contributed by atoms with van der Waals surface area (Å²) in [5.41, 5.74) is 0.0377. The normalized spacial score (nSPS) is 48.0. The smallest absolute Gasteiger partial charge is 0.308 e. The summed E-state index contributed by atoms with van der Waals surface area (Å²) in [4.78, 5) is 25.4. The summed E-state index contributed by atoms with van der Waals surface area (Å²) < 4.78 is 0. The van der Waals surface area contributed by atoms with Crippen molar-refractivity contribution in [1.29, 1.82) is 0 Å². The molecular weight excluding hydrogens is 242 g/mol. The highest BCUT2D eigenvalue weighted by molar-refractivity contribution is 5.86. The lowest BCUT2D eigenvalue weighted by molar-refractivity contribution is -0.145. The van der Waals surface area contributed by atoms with Crippen molar-refractivity contribution in [1.82, 2.24) is 4.90 Å². The van der Waals surface area contributed by atoms with Gasteiger partial charge in [-0.15, -0.1) is 0 Å². The van der Waals surface area contributed by atoms with Gasteiger partial charge in [0, 0.05) is 18.5 Å². The van der Waals surface area contributed by atoms with Gasteiger partial charge in [-0.2, -0.15) is 0 Å². The Labute approximate surface area is 113 Å². The zero-order chi connectivity index (χ0) is 13.2. The van der Waals surface area contributed by atoms with Crippen LogP contribution in [0.4, 0.5) is 0 Å². The van der Waals surface area contributed by atoms with Gasteiger partial charge >= 0.3 is 5.97 Å². The molecule has 0 unspecified atom stereocenters. The maximum Gasteiger partial charge on any atom is 0.308 e. The van der Waals surface area contributed by atoms with E-state index < -0.39 is 11.9 Å². The molecule has 104 valence electrons. The minimum atomic E-state index is -0.805. The van der Waals surface area contributed by atoms with Crippen molar-refractivity contribution in [2.45, 2.75) is 50.5 Å². The number of carbonyl (C=O) groups is 2. The summed E-state index contributed by atoms with van der Waals surface area (Å²) in [5.74, 6) is 1.20. The lowest BCUT2D eigenvalue weighted by Crippen LogP contribution is -2.60. The van der Waals surface area contributed by atoms with Gasteiger partial charge in [0.1, 0.15) is 0 Å². The Kier molecular flexibility index (Phi) is 2.31. The number of carbonyl (C=O) groups excluding carboxylic acids is 1. The Morgan fingerprint density at radius 1 is 1.11 bits per heavy atom. The van der Waals surface area contributed by atoms with Crippen LogP contribution in [0.2, 0.25) is 0 Å². The van der Waals surface area contributed by atoms with Gasteiger partial charge in [0.2, 0.25) is 5.91 Å². The molecule has 5 aliphatic rings. The molecule has 5 rings (SSSR count). The molecule has 5 fully saturated rings. The van der Waals surface area contributed by atoms with Gasteiger partial charge in [-0.3, -0.25) is 9.59 Å². The Bertz CT molecular complexity index is 409. The first kappa shape index (κ1) is 11.7. The molecule has 1 atom stereocenters. The zero-order valence-electron chi connectivity index (χ0n) is 11.2. The number of rotatable bonds is 2. The van der Waals surface area contributed by atoms with Crippen LogP contribution < -0.4 is 0 Å². The van der Waals surface area contributed by atoms with Crippen molar-refractivity contribution in [2.75, 3.05) is 6.54 Å². The number of nitrogens with zero attached hydrogens (tertiary/aromatic N) is 1. The second kappa shape index (κ2) is 3.74. The third kappa shape index (κ3) is 1.65. The van der Waals surface area contributed by atoms with Crippen LogP contribution in [0.15, 0.2) is 0 Å². The van der Waals surface area contributed by atoms with E-state index in [4.69, 9.17) is 5.11 Å². The van der Waals surface area contributed by atoms with Crippen molar-refractivity contribution in [2.24, 2.45) is 23.7 Å². The molecule has 4 bridgehead atoms. The Morgan fingerprint density at radius 3 is 2.05 bits per heavy atom. The van der Waals surface area contributed by atoms with Gasteiger partial charge < -0.3 is 10.0 Å². The maximum absolute atomic E-state index is 12.3. The predicted octanol–water partition coefficient (Wildman–Crippen LogP) is 1.89. The molecule has 1 saturated heterocycles. The molecule has 0 radical (unpaired) electrons. The van der Waals surface area contributed by atoms with E-state index in [9.17, 15) is 9.59 Å². The molecule has 1 heterocycles. The summed E-state index contributed by atoms with van der Waals surface area (Å²) in [6, 6.07) is 0. The molecular formula is C15H21NO3. The van der Waals surface area contributed by atoms with Gasteiger partial charge in [-0.1, -0.05) is 0 Å². The minimum Gasteiger partial charge on any atom is -0.481 e. The van der Waals surface area contributed by atoms with Crippen LogP contribution >= 0.6 is 0 Å². The van der Waals surface area contributed by atoms with E-state index in [1.54, 1.807) is 0 Å². The first-order chi connectivity index (χ1) is 9.06. The fourth-order valence-corrected chi connectivity index (χ4v) is 5.73. The second-order valence-corrected chi connectivity index (χ2v) is 7.39. The number of carboxylic acids is 1. The quantitative estimate of drug-likeness (QED) is 0.827. The lowest BCUT2D eigenvalue weighted by atomic mass is 9.52. The molecule has 1 N–H and O–H groups in total. The summed E-state index contributed by atoms with van der Waals surface area (Å²) in [6.07, 6.45) is 7.68. The number of hydrogen-bond acceptors (Lipinski definition) is 2. The maximum atomic E-state index is 12.3. The average Bonchev–Trinajstić information content (AvgIpc) is 2.70. The van der Waals surface area contributed by atoms with Crippen LogP contribution in [0.25, 0.3) is 0 Å². The molecule has 19 heavy (non-hydrogen) atoms. The van der Waals surface area contributed by atoms with E-state index in [0.29, 0.717) is 6.54 Å². The molecule has 1 amide bonds. The van der Waals surface area contributed by atoms with Crippen LogP contribution in [0.1, 0.15) is 44.9 Å². The number of likely N-dealkylation sites (tertiary alicyclic amines) is 1. The largest absolute Gasteiger partial charge is 0.481 e. The summed E-state index contributed by atoms with van der Waals surface area (Å²) >= 11 is 0. The molecule has 4 aliphatic carbocycles. The molecule has 0 aromatic carbocycles. The van der Waals surface area contributed by atoms with Crippen molar-refractivity contribution >= 4 is 11.9 Å². The second-order valence-electron chi connectivity index (χ2n) is 7.39.